The fourth-order valence-electron chi connectivity index (χ4n) is 2.43. The van der Waals surface area contributed by atoms with Crippen molar-refractivity contribution in [3.8, 4) is 17.6 Å². The van der Waals surface area contributed by atoms with Gasteiger partial charge in [-0.15, -0.1) is 0 Å². The van der Waals surface area contributed by atoms with Crippen LogP contribution in [-0.4, -0.2) is 32.7 Å². The molecule has 0 aliphatic carbocycles. The number of amides is 1. The molecule has 0 fully saturated rings. The minimum atomic E-state index is -0.581. The molecular weight excluding hydrogens is 440 g/mol. The molecule has 29 heavy (non-hydrogen) atoms. The van der Waals surface area contributed by atoms with Gasteiger partial charge in [-0.05, 0) is 70.9 Å². The smallest absolute Gasteiger partial charge is 0.337 e. The molecule has 150 valence electrons. The zero-order valence-corrected chi connectivity index (χ0v) is 17.7. The second-order valence-corrected chi connectivity index (χ2v) is 6.51. The molecule has 0 bridgehead atoms. The first-order valence-electron chi connectivity index (χ1n) is 8.55. The highest BCUT2D eigenvalue weighted by Gasteiger charge is 2.14. The molecule has 8 heteroatoms. The number of nitrogens with zero attached hydrogens (tertiary/aromatic N) is 1. The fraction of sp³-hybridized carbons (Fsp3) is 0.190. The molecule has 2 aromatic rings. The van der Waals surface area contributed by atoms with Gasteiger partial charge in [-0.2, -0.15) is 5.26 Å². The Bertz CT molecular complexity index is 978. The van der Waals surface area contributed by atoms with Gasteiger partial charge in [0.05, 0.1) is 30.9 Å². The lowest BCUT2D eigenvalue weighted by molar-refractivity contribution is -0.112. The third-order valence-electron chi connectivity index (χ3n) is 3.78. The SMILES string of the molecule is CCOc1c(Br)cc(/C=C(\C#N)C(=O)Nc2ccc(C(=O)OC)cc2)cc1OC. The Kier molecular flexibility index (Phi) is 7.80. The maximum absolute atomic E-state index is 12.5. The van der Waals surface area contributed by atoms with E-state index in [2.05, 4.69) is 26.0 Å². The van der Waals surface area contributed by atoms with Crippen molar-refractivity contribution in [1.29, 1.82) is 5.26 Å². The molecule has 0 radical (unpaired) electrons. The van der Waals surface area contributed by atoms with E-state index in [1.165, 1.54) is 32.4 Å². The van der Waals surface area contributed by atoms with E-state index in [0.717, 1.165) is 0 Å². The van der Waals surface area contributed by atoms with E-state index in [0.29, 0.717) is 39.4 Å². The zero-order valence-electron chi connectivity index (χ0n) is 16.1. The Morgan fingerprint density at radius 3 is 2.45 bits per heavy atom. The molecule has 0 saturated carbocycles. The van der Waals surface area contributed by atoms with Gasteiger partial charge in [-0.1, -0.05) is 0 Å². The van der Waals surface area contributed by atoms with Crippen molar-refractivity contribution >= 4 is 39.6 Å². The fourth-order valence-corrected chi connectivity index (χ4v) is 3.00. The quantitative estimate of drug-likeness (QED) is 0.379. The van der Waals surface area contributed by atoms with Crippen LogP contribution in [0.25, 0.3) is 6.08 Å². The van der Waals surface area contributed by atoms with Crippen LogP contribution in [0.2, 0.25) is 0 Å². The molecule has 2 aromatic carbocycles. The predicted octanol–water partition coefficient (Wildman–Crippen LogP) is 4.19. The van der Waals surface area contributed by atoms with Crippen LogP contribution in [0.5, 0.6) is 11.5 Å². The van der Waals surface area contributed by atoms with Crippen LogP contribution in [0.3, 0.4) is 0 Å². The van der Waals surface area contributed by atoms with E-state index in [1.54, 1.807) is 24.3 Å². The summed E-state index contributed by atoms with van der Waals surface area (Å²) in [6.45, 7) is 2.32. The molecule has 0 atom stereocenters. The van der Waals surface area contributed by atoms with Gasteiger partial charge in [0.1, 0.15) is 11.6 Å². The number of esters is 1. The lowest BCUT2D eigenvalue weighted by Gasteiger charge is -2.12. The first kappa shape index (κ1) is 22.0. The highest BCUT2D eigenvalue weighted by Crippen LogP contribution is 2.37. The van der Waals surface area contributed by atoms with Crippen molar-refractivity contribution in [2.75, 3.05) is 26.1 Å². The average molecular weight is 459 g/mol. The summed E-state index contributed by atoms with van der Waals surface area (Å²) in [7, 11) is 2.80. The molecule has 0 aliphatic heterocycles. The van der Waals surface area contributed by atoms with Crippen LogP contribution in [0.15, 0.2) is 46.4 Å². The van der Waals surface area contributed by atoms with E-state index in [4.69, 9.17) is 9.47 Å². The molecule has 0 saturated heterocycles. The summed E-state index contributed by atoms with van der Waals surface area (Å²) >= 11 is 3.41. The van der Waals surface area contributed by atoms with E-state index in [9.17, 15) is 14.9 Å². The second-order valence-electron chi connectivity index (χ2n) is 5.66. The van der Waals surface area contributed by atoms with E-state index in [1.807, 2.05) is 13.0 Å². The summed E-state index contributed by atoms with van der Waals surface area (Å²) in [6, 6.07) is 11.4. The third kappa shape index (κ3) is 5.59. The number of nitriles is 1. The maximum atomic E-state index is 12.5. The Hall–Kier alpha value is -3.31. The Balaban J connectivity index is 2.25. The van der Waals surface area contributed by atoms with Crippen molar-refractivity contribution in [2.24, 2.45) is 0 Å². The first-order valence-corrected chi connectivity index (χ1v) is 9.34. The number of rotatable bonds is 7. The predicted molar refractivity (Wildman–Crippen MR) is 112 cm³/mol. The number of benzene rings is 2. The molecule has 0 unspecified atom stereocenters. The van der Waals surface area contributed by atoms with E-state index in [-0.39, 0.29) is 5.57 Å². The van der Waals surface area contributed by atoms with Crippen molar-refractivity contribution in [3.05, 3.63) is 57.6 Å². The summed E-state index contributed by atoms with van der Waals surface area (Å²) in [5.41, 5.74) is 1.28. The highest BCUT2D eigenvalue weighted by molar-refractivity contribution is 9.10. The number of anilines is 1. The average Bonchev–Trinajstić information content (AvgIpc) is 2.73. The van der Waals surface area contributed by atoms with Gasteiger partial charge in [0, 0.05) is 5.69 Å². The Morgan fingerprint density at radius 2 is 1.90 bits per heavy atom. The molecule has 1 N–H and O–H groups in total. The summed E-state index contributed by atoms with van der Waals surface area (Å²) in [5, 5.41) is 12.0. The number of hydrogen-bond donors (Lipinski definition) is 1. The standard InChI is InChI=1S/C21H19BrN2O5/c1-4-29-19-17(22)10-13(11-18(19)27-2)9-15(12-23)20(25)24-16-7-5-14(6-8-16)21(26)28-3/h5-11H,4H2,1-3H3,(H,24,25)/b15-9+. The minimum Gasteiger partial charge on any atom is -0.493 e. The van der Waals surface area contributed by atoms with Crippen LogP contribution in [-0.2, 0) is 9.53 Å². The van der Waals surface area contributed by atoms with Gasteiger partial charge < -0.3 is 19.5 Å². The van der Waals surface area contributed by atoms with Crippen LogP contribution in [0.1, 0.15) is 22.8 Å². The minimum absolute atomic E-state index is 0.0971. The number of carbonyl (C=O) groups is 2. The van der Waals surface area contributed by atoms with Crippen molar-refractivity contribution in [3.63, 3.8) is 0 Å². The molecule has 7 nitrogen and oxygen atoms in total. The van der Waals surface area contributed by atoms with Crippen LogP contribution in [0.4, 0.5) is 5.69 Å². The van der Waals surface area contributed by atoms with Gasteiger partial charge in [-0.3, -0.25) is 4.79 Å². The largest absolute Gasteiger partial charge is 0.493 e. The van der Waals surface area contributed by atoms with Gasteiger partial charge in [-0.25, -0.2) is 4.79 Å². The number of ether oxygens (including phenoxy) is 3. The monoisotopic (exact) mass is 458 g/mol. The number of methoxy groups -OCH3 is 2. The maximum Gasteiger partial charge on any atom is 0.337 e. The topological polar surface area (TPSA) is 97.7 Å². The number of carbonyl (C=O) groups excluding carboxylic acids is 2. The Labute approximate surface area is 177 Å². The summed E-state index contributed by atoms with van der Waals surface area (Å²) < 4.78 is 16.1. The van der Waals surface area contributed by atoms with Gasteiger partial charge in [0.2, 0.25) is 0 Å². The number of hydrogen-bond acceptors (Lipinski definition) is 6. The van der Waals surface area contributed by atoms with Crippen molar-refractivity contribution in [1.82, 2.24) is 0 Å². The normalized spacial score (nSPS) is 10.7. The van der Waals surface area contributed by atoms with E-state index >= 15 is 0 Å². The lowest BCUT2D eigenvalue weighted by atomic mass is 10.1. The highest BCUT2D eigenvalue weighted by atomic mass is 79.9. The molecular formula is C21H19BrN2O5. The first-order chi connectivity index (χ1) is 13.9. The molecule has 1 amide bonds. The number of nitrogens with one attached hydrogen (secondary N) is 1. The zero-order chi connectivity index (χ0) is 21.4. The third-order valence-corrected chi connectivity index (χ3v) is 4.37. The molecule has 0 heterocycles. The van der Waals surface area contributed by atoms with Crippen LogP contribution in [0, 0.1) is 11.3 Å². The summed E-state index contributed by atoms with van der Waals surface area (Å²) in [4.78, 5) is 23.9. The van der Waals surface area contributed by atoms with Crippen molar-refractivity contribution in [2.45, 2.75) is 6.92 Å². The van der Waals surface area contributed by atoms with Gasteiger partial charge in [0.15, 0.2) is 11.5 Å². The number of halogens is 1. The van der Waals surface area contributed by atoms with Gasteiger partial charge in [0.25, 0.3) is 5.91 Å². The molecule has 0 spiro atoms. The van der Waals surface area contributed by atoms with Crippen LogP contribution >= 0.6 is 15.9 Å². The van der Waals surface area contributed by atoms with Crippen molar-refractivity contribution < 1.29 is 23.8 Å². The summed E-state index contributed by atoms with van der Waals surface area (Å²) in [6.07, 6.45) is 1.45. The second kappa shape index (κ2) is 10.3. The molecule has 0 aromatic heterocycles. The van der Waals surface area contributed by atoms with E-state index < -0.39 is 11.9 Å². The molecule has 2 rings (SSSR count). The van der Waals surface area contributed by atoms with Gasteiger partial charge >= 0.3 is 5.97 Å². The summed E-state index contributed by atoms with van der Waals surface area (Å²) in [5.74, 6) is -0.0396. The van der Waals surface area contributed by atoms with Crippen LogP contribution < -0.4 is 14.8 Å². The Morgan fingerprint density at radius 1 is 1.21 bits per heavy atom. The molecule has 0 aliphatic rings. The lowest BCUT2D eigenvalue weighted by Crippen LogP contribution is -2.13.